The van der Waals surface area contributed by atoms with Gasteiger partial charge in [-0.15, -0.1) is 10.2 Å². The Balaban J connectivity index is 1.44. The molecule has 1 saturated carbocycles. The molecule has 2 N–H and O–H groups in total. The van der Waals surface area contributed by atoms with Gasteiger partial charge in [0.25, 0.3) is 0 Å². The van der Waals surface area contributed by atoms with Crippen molar-refractivity contribution in [2.75, 3.05) is 0 Å². The molecule has 1 fully saturated rings. The second kappa shape index (κ2) is 9.27. The van der Waals surface area contributed by atoms with Gasteiger partial charge in [-0.1, -0.05) is 43.5 Å². The van der Waals surface area contributed by atoms with Crippen LogP contribution in [-0.4, -0.2) is 42.6 Å². The van der Waals surface area contributed by atoms with E-state index in [4.69, 9.17) is 0 Å². The minimum atomic E-state index is -0.0486. The fraction of sp³-hybridized carbons (Fsp3) is 0.381. The number of rotatable bonds is 6. The minimum Gasteiger partial charge on any atom is -0.334 e. The Morgan fingerprint density at radius 1 is 1.14 bits per heavy atom. The number of benzene rings is 1. The Labute approximate surface area is 169 Å². The molecule has 8 nitrogen and oxygen atoms in total. The number of amides is 2. The van der Waals surface area contributed by atoms with Gasteiger partial charge in [-0.2, -0.15) is 5.21 Å². The van der Waals surface area contributed by atoms with Crippen molar-refractivity contribution in [3.63, 3.8) is 0 Å². The Bertz CT molecular complexity index is 908. The van der Waals surface area contributed by atoms with Crippen molar-refractivity contribution >= 4 is 6.03 Å². The molecule has 2 aromatic heterocycles. The van der Waals surface area contributed by atoms with Crippen LogP contribution >= 0.6 is 0 Å². The average Bonchev–Trinajstić information content (AvgIpc) is 3.32. The zero-order chi connectivity index (χ0) is 19.9. The standard InChI is InChI=1S/C21H25N7O/c29-21(23-14-16-7-6-8-17(13-16)20-24-26-27-25-20)28(19-10-2-1-3-11-19)15-18-9-4-5-12-22-18/h4-9,12-13,19H,1-3,10-11,14-15H2,(H,23,29)(H,24,25,26,27). The van der Waals surface area contributed by atoms with Gasteiger partial charge in [0.2, 0.25) is 5.82 Å². The molecule has 3 aromatic rings. The molecule has 4 rings (SSSR count). The lowest BCUT2D eigenvalue weighted by atomic mass is 9.94. The normalized spacial score (nSPS) is 14.5. The largest absolute Gasteiger partial charge is 0.334 e. The lowest BCUT2D eigenvalue weighted by molar-refractivity contribution is 0.149. The number of nitrogens with one attached hydrogen (secondary N) is 2. The molecule has 0 spiro atoms. The van der Waals surface area contributed by atoms with E-state index in [2.05, 4.69) is 30.9 Å². The summed E-state index contributed by atoms with van der Waals surface area (Å²) in [5, 5.41) is 17.2. The lowest BCUT2D eigenvalue weighted by Crippen LogP contribution is -2.46. The molecule has 0 saturated heterocycles. The lowest BCUT2D eigenvalue weighted by Gasteiger charge is -2.34. The van der Waals surface area contributed by atoms with Gasteiger partial charge in [-0.25, -0.2) is 4.79 Å². The number of pyridine rings is 1. The van der Waals surface area contributed by atoms with Crippen LogP contribution in [0.4, 0.5) is 4.79 Å². The Morgan fingerprint density at radius 3 is 2.79 bits per heavy atom. The van der Waals surface area contributed by atoms with Gasteiger partial charge < -0.3 is 10.2 Å². The average molecular weight is 391 g/mol. The molecule has 1 aliphatic carbocycles. The van der Waals surface area contributed by atoms with Gasteiger partial charge in [0.15, 0.2) is 0 Å². The summed E-state index contributed by atoms with van der Waals surface area (Å²) in [6.07, 6.45) is 7.46. The SMILES string of the molecule is O=C(NCc1cccc(-c2nn[nH]n2)c1)N(Cc1ccccn1)C1CCCCC1. The number of carbonyl (C=O) groups is 1. The third-order valence-electron chi connectivity index (χ3n) is 5.31. The Hall–Kier alpha value is -3.29. The summed E-state index contributed by atoms with van der Waals surface area (Å²) in [4.78, 5) is 19.4. The van der Waals surface area contributed by atoms with E-state index >= 15 is 0 Å². The van der Waals surface area contributed by atoms with E-state index in [1.807, 2.05) is 47.4 Å². The molecule has 0 bridgehead atoms. The van der Waals surface area contributed by atoms with Gasteiger partial charge in [-0.05, 0) is 41.8 Å². The van der Waals surface area contributed by atoms with Crippen LogP contribution in [0.3, 0.4) is 0 Å². The van der Waals surface area contributed by atoms with E-state index in [1.165, 1.54) is 19.3 Å². The molecule has 0 aliphatic heterocycles. The highest BCUT2D eigenvalue weighted by Crippen LogP contribution is 2.24. The van der Waals surface area contributed by atoms with Crippen molar-refractivity contribution in [1.82, 2.24) is 35.8 Å². The number of carbonyl (C=O) groups excluding carboxylic acids is 1. The quantitative estimate of drug-likeness (QED) is 0.671. The molecule has 8 heteroatoms. The molecule has 2 heterocycles. The van der Waals surface area contributed by atoms with Crippen molar-refractivity contribution in [3.8, 4) is 11.4 Å². The number of hydrogen-bond acceptors (Lipinski definition) is 5. The number of H-pyrrole nitrogens is 1. The van der Waals surface area contributed by atoms with Gasteiger partial charge in [0.1, 0.15) is 0 Å². The zero-order valence-electron chi connectivity index (χ0n) is 16.3. The van der Waals surface area contributed by atoms with Gasteiger partial charge >= 0.3 is 6.03 Å². The van der Waals surface area contributed by atoms with Crippen LogP contribution < -0.4 is 5.32 Å². The Kier molecular flexibility index (Phi) is 6.09. The first-order chi connectivity index (χ1) is 14.3. The van der Waals surface area contributed by atoms with Crippen LogP contribution in [0.5, 0.6) is 0 Å². The molecule has 0 radical (unpaired) electrons. The maximum atomic E-state index is 13.1. The summed E-state index contributed by atoms with van der Waals surface area (Å²) in [5.41, 5.74) is 2.76. The van der Waals surface area contributed by atoms with Gasteiger partial charge in [0.05, 0.1) is 12.2 Å². The van der Waals surface area contributed by atoms with Crippen molar-refractivity contribution in [3.05, 3.63) is 59.9 Å². The van der Waals surface area contributed by atoms with Crippen LogP contribution in [0, 0.1) is 0 Å². The molecule has 0 atom stereocenters. The molecule has 150 valence electrons. The highest BCUT2D eigenvalue weighted by molar-refractivity contribution is 5.74. The summed E-state index contributed by atoms with van der Waals surface area (Å²) in [7, 11) is 0. The summed E-state index contributed by atoms with van der Waals surface area (Å²) in [6.45, 7) is 0.968. The first-order valence-corrected chi connectivity index (χ1v) is 10.1. The molecule has 2 amide bonds. The van der Waals surface area contributed by atoms with Gasteiger partial charge in [0, 0.05) is 24.3 Å². The van der Waals surface area contributed by atoms with Crippen LogP contribution in [0.15, 0.2) is 48.7 Å². The molecule has 1 aromatic carbocycles. The minimum absolute atomic E-state index is 0.0486. The predicted molar refractivity (Wildman–Crippen MR) is 109 cm³/mol. The van der Waals surface area contributed by atoms with Crippen molar-refractivity contribution in [2.24, 2.45) is 0 Å². The van der Waals surface area contributed by atoms with Crippen LogP contribution in [-0.2, 0) is 13.1 Å². The van der Waals surface area contributed by atoms with Crippen molar-refractivity contribution in [1.29, 1.82) is 0 Å². The number of aromatic nitrogens is 5. The van der Waals surface area contributed by atoms with E-state index in [1.54, 1.807) is 6.20 Å². The van der Waals surface area contributed by atoms with E-state index in [-0.39, 0.29) is 12.1 Å². The highest BCUT2D eigenvalue weighted by Gasteiger charge is 2.25. The van der Waals surface area contributed by atoms with Crippen LogP contribution in [0.1, 0.15) is 43.4 Å². The second-order valence-electron chi connectivity index (χ2n) is 7.34. The fourth-order valence-corrected chi connectivity index (χ4v) is 3.81. The molecule has 0 unspecified atom stereocenters. The van der Waals surface area contributed by atoms with Crippen molar-refractivity contribution < 1.29 is 4.79 Å². The smallest absolute Gasteiger partial charge is 0.318 e. The van der Waals surface area contributed by atoms with Crippen molar-refractivity contribution in [2.45, 2.75) is 51.2 Å². The molecule has 1 aliphatic rings. The van der Waals surface area contributed by atoms with E-state index in [0.29, 0.717) is 18.9 Å². The molecular formula is C21H25N7O. The molecular weight excluding hydrogens is 366 g/mol. The third-order valence-corrected chi connectivity index (χ3v) is 5.31. The fourth-order valence-electron chi connectivity index (χ4n) is 3.81. The highest BCUT2D eigenvalue weighted by atomic mass is 16.2. The van der Waals surface area contributed by atoms with Gasteiger partial charge in [-0.3, -0.25) is 4.98 Å². The Morgan fingerprint density at radius 2 is 2.03 bits per heavy atom. The number of aromatic amines is 1. The topological polar surface area (TPSA) is 99.7 Å². The molecule has 29 heavy (non-hydrogen) atoms. The predicted octanol–water partition coefficient (Wildman–Crippen LogP) is 3.31. The zero-order valence-corrected chi connectivity index (χ0v) is 16.3. The van der Waals surface area contributed by atoms with Crippen LogP contribution in [0.2, 0.25) is 0 Å². The summed E-state index contributed by atoms with van der Waals surface area (Å²) >= 11 is 0. The maximum absolute atomic E-state index is 13.1. The van der Waals surface area contributed by atoms with Crippen LogP contribution in [0.25, 0.3) is 11.4 Å². The maximum Gasteiger partial charge on any atom is 0.318 e. The number of urea groups is 1. The summed E-state index contributed by atoms with van der Waals surface area (Å²) in [5.74, 6) is 0.539. The number of tetrazole rings is 1. The summed E-state index contributed by atoms with van der Waals surface area (Å²) in [6, 6.07) is 13.8. The number of nitrogens with zero attached hydrogens (tertiary/aromatic N) is 5. The van der Waals surface area contributed by atoms with E-state index in [0.717, 1.165) is 29.7 Å². The second-order valence-corrected chi connectivity index (χ2v) is 7.34. The number of hydrogen-bond donors (Lipinski definition) is 2. The first kappa shape index (κ1) is 19.0. The monoisotopic (exact) mass is 391 g/mol. The van der Waals surface area contributed by atoms with E-state index in [9.17, 15) is 4.79 Å². The third kappa shape index (κ3) is 4.96. The summed E-state index contributed by atoms with van der Waals surface area (Å²) < 4.78 is 0. The first-order valence-electron chi connectivity index (χ1n) is 10.1. The van der Waals surface area contributed by atoms with E-state index < -0.39 is 0 Å².